The number of carbonyl (C=O) groups is 1. The van der Waals surface area contributed by atoms with E-state index in [4.69, 9.17) is 13.9 Å². The zero-order valence-electron chi connectivity index (χ0n) is 11.8. The second kappa shape index (κ2) is 7.07. The molecule has 1 amide bonds. The third kappa shape index (κ3) is 3.18. The molecule has 1 aromatic carbocycles. The molecule has 20 heavy (non-hydrogen) atoms. The van der Waals surface area contributed by atoms with Gasteiger partial charge >= 0.3 is 0 Å². The van der Waals surface area contributed by atoms with Gasteiger partial charge < -0.3 is 19.2 Å². The van der Waals surface area contributed by atoms with E-state index in [2.05, 4.69) is 5.32 Å². The highest BCUT2D eigenvalue weighted by Gasteiger charge is 2.19. The average molecular weight is 277 g/mol. The van der Waals surface area contributed by atoms with E-state index in [1.807, 2.05) is 24.3 Å². The van der Waals surface area contributed by atoms with Crippen LogP contribution in [-0.2, 0) is 16.1 Å². The van der Waals surface area contributed by atoms with E-state index in [1.165, 1.54) is 0 Å². The summed E-state index contributed by atoms with van der Waals surface area (Å²) in [5, 5.41) is 3.74. The number of rotatable bonds is 7. The van der Waals surface area contributed by atoms with Crippen molar-refractivity contribution < 1.29 is 18.7 Å². The van der Waals surface area contributed by atoms with Gasteiger partial charge in [-0.15, -0.1) is 0 Å². The molecule has 2 rings (SSSR count). The molecule has 0 aliphatic rings. The van der Waals surface area contributed by atoms with E-state index in [0.717, 1.165) is 17.4 Å². The van der Waals surface area contributed by atoms with Crippen molar-refractivity contribution in [2.45, 2.75) is 13.0 Å². The summed E-state index contributed by atoms with van der Waals surface area (Å²) in [5.41, 5.74) is 1.48. The van der Waals surface area contributed by atoms with Gasteiger partial charge in [0.15, 0.2) is 5.76 Å². The van der Waals surface area contributed by atoms with E-state index in [-0.39, 0.29) is 5.91 Å². The summed E-state index contributed by atoms with van der Waals surface area (Å²) in [5.74, 6) is 0.106. The zero-order chi connectivity index (χ0) is 14.4. The Kier molecular flexibility index (Phi) is 5.15. The first-order valence-electron chi connectivity index (χ1n) is 6.54. The number of fused-ring (bicyclic) bond motifs is 1. The molecular weight excluding hydrogens is 258 g/mol. The monoisotopic (exact) mass is 277 g/mol. The first-order chi connectivity index (χ1) is 9.77. The van der Waals surface area contributed by atoms with Gasteiger partial charge in [0.25, 0.3) is 5.91 Å². The molecule has 1 N–H and O–H groups in total. The summed E-state index contributed by atoms with van der Waals surface area (Å²) < 4.78 is 15.8. The Hall–Kier alpha value is -1.85. The van der Waals surface area contributed by atoms with Crippen LogP contribution in [-0.4, -0.2) is 33.3 Å². The van der Waals surface area contributed by atoms with Crippen molar-refractivity contribution in [2.75, 3.05) is 27.4 Å². The lowest BCUT2D eigenvalue weighted by Crippen LogP contribution is -2.25. The van der Waals surface area contributed by atoms with Crippen LogP contribution >= 0.6 is 0 Å². The number of para-hydroxylation sites is 1. The van der Waals surface area contributed by atoms with Crippen LogP contribution in [0.25, 0.3) is 11.0 Å². The van der Waals surface area contributed by atoms with Crippen LogP contribution in [0.5, 0.6) is 0 Å². The smallest absolute Gasteiger partial charge is 0.287 e. The van der Waals surface area contributed by atoms with Gasteiger partial charge in [0.05, 0.1) is 6.61 Å². The van der Waals surface area contributed by atoms with Crippen molar-refractivity contribution in [2.24, 2.45) is 0 Å². The molecule has 5 heteroatoms. The Morgan fingerprint density at radius 2 is 2.05 bits per heavy atom. The number of hydrogen-bond acceptors (Lipinski definition) is 4. The van der Waals surface area contributed by atoms with Crippen LogP contribution in [0.2, 0.25) is 0 Å². The molecule has 5 nitrogen and oxygen atoms in total. The van der Waals surface area contributed by atoms with E-state index in [1.54, 1.807) is 14.2 Å². The Labute approximate surface area is 117 Å². The molecule has 0 atom stereocenters. The first-order valence-corrected chi connectivity index (χ1v) is 6.54. The Bertz CT molecular complexity index is 576. The highest BCUT2D eigenvalue weighted by Crippen LogP contribution is 2.26. The number of nitrogens with one attached hydrogen (secondary N) is 1. The van der Waals surface area contributed by atoms with Gasteiger partial charge in [-0.25, -0.2) is 0 Å². The topological polar surface area (TPSA) is 60.7 Å². The molecule has 0 bridgehead atoms. The predicted molar refractivity (Wildman–Crippen MR) is 75.8 cm³/mol. The first kappa shape index (κ1) is 14.6. The Morgan fingerprint density at radius 1 is 1.25 bits per heavy atom. The molecule has 0 saturated carbocycles. The fourth-order valence-electron chi connectivity index (χ4n) is 2.07. The number of benzene rings is 1. The van der Waals surface area contributed by atoms with Gasteiger partial charge in [-0.05, 0) is 12.5 Å². The second-order valence-corrected chi connectivity index (χ2v) is 4.44. The maximum Gasteiger partial charge on any atom is 0.287 e. The predicted octanol–water partition coefficient (Wildman–Crippen LogP) is 2.35. The molecule has 2 aromatic rings. The standard InChI is InChI=1S/C15H19NO4/c1-18-9-5-8-16-15(17)14-12(10-19-2)11-6-3-4-7-13(11)20-14/h3-4,6-7H,5,8-10H2,1-2H3,(H,16,17). The lowest BCUT2D eigenvalue weighted by molar-refractivity contribution is 0.0916. The van der Waals surface area contributed by atoms with Gasteiger partial charge in [0, 0.05) is 38.3 Å². The number of hydrogen-bond donors (Lipinski definition) is 1. The number of methoxy groups -OCH3 is 2. The van der Waals surface area contributed by atoms with Crippen LogP contribution in [0.15, 0.2) is 28.7 Å². The summed E-state index contributed by atoms with van der Waals surface area (Å²) in [6.45, 7) is 1.51. The van der Waals surface area contributed by atoms with Crippen LogP contribution in [0.1, 0.15) is 22.5 Å². The van der Waals surface area contributed by atoms with E-state index >= 15 is 0 Å². The summed E-state index contributed by atoms with van der Waals surface area (Å²) in [6, 6.07) is 7.56. The van der Waals surface area contributed by atoms with Crippen molar-refractivity contribution in [3.05, 3.63) is 35.6 Å². The fraction of sp³-hybridized carbons (Fsp3) is 0.400. The minimum absolute atomic E-state index is 0.218. The zero-order valence-corrected chi connectivity index (χ0v) is 11.8. The average Bonchev–Trinajstić information content (AvgIpc) is 2.83. The molecule has 0 unspecified atom stereocenters. The van der Waals surface area contributed by atoms with Crippen molar-refractivity contribution in [3.8, 4) is 0 Å². The van der Waals surface area contributed by atoms with Gasteiger partial charge in [-0.1, -0.05) is 18.2 Å². The molecule has 0 saturated heterocycles. The Morgan fingerprint density at radius 3 is 2.80 bits per heavy atom. The summed E-state index contributed by atoms with van der Waals surface area (Å²) in [7, 11) is 3.24. The second-order valence-electron chi connectivity index (χ2n) is 4.44. The number of amides is 1. The SMILES string of the molecule is COCCCNC(=O)c1oc2ccccc2c1COC. The molecule has 0 aliphatic heterocycles. The third-order valence-electron chi connectivity index (χ3n) is 3.00. The van der Waals surface area contributed by atoms with Crippen LogP contribution < -0.4 is 5.32 Å². The van der Waals surface area contributed by atoms with Crippen molar-refractivity contribution in [1.82, 2.24) is 5.32 Å². The fourth-order valence-corrected chi connectivity index (χ4v) is 2.07. The number of furan rings is 1. The van der Waals surface area contributed by atoms with E-state index < -0.39 is 0 Å². The highest BCUT2D eigenvalue weighted by atomic mass is 16.5. The molecule has 0 aliphatic carbocycles. The van der Waals surface area contributed by atoms with Crippen LogP contribution in [0.3, 0.4) is 0 Å². The molecule has 0 spiro atoms. The molecular formula is C15H19NO4. The van der Waals surface area contributed by atoms with Gasteiger partial charge in [-0.2, -0.15) is 0 Å². The van der Waals surface area contributed by atoms with Gasteiger partial charge in [0.2, 0.25) is 0 Å². The summed E-state index contributed by atoms with van der Waals surface area (Å²) in [6.07, 6.45) is 0.766. The lowest BCUT2D eigenvalue weighted by Gasteiger charge is -2.04. The van der Waals surface area contributed by atoms with E-state index in [0.29, 0.717) is 31.1 Å². The molecule has 0 fully saturated rings. The van der Waals surface area contributed by atoms with Crippen molar-refractivity contribution in [3.63, 3.8) is 0 Å². The third-order valence-corrected chi connectivity index (χ3v) is 3.00. The molecule has 1 heterocycles. The maximum atomic E-state index is 12.2. The summed E-state index contributed by atoms with van der Waals surface area (Å²) >= 11 is 0. The summed E-state index contributed by atoms with van der Waals surface area (Å²) in [4.78, 5) is 12.2. The lowest BCUT2D eigenvalue weighted by atomic mass is 10.1. The quantitative estimate of drug-likeness (QED) is 0.789. The van der Waals surface area contributed by atoms with Crippen molar-refractivity contribution >= 4 is 16.9 Å². The minimum atomic E-state index is -0.218. The number of ether oxygens (including phenoxy) is 2. The largest absolute Gasteiger partial charge is 0.451 e. The molecule has 0 radical (unpaired) electrons. The Balaban J connectivity index is 2.19. The normalized spacial score (nSPS) is 10.9. The minimum Gasteiger partial charge on any atom is -0.451 e. The van der Waals surface area contributed by atoms with Gasteiger partial charge in [0.1, 0.15) is 5.58 Å². The van der Waals surface area contributed by atoms with Gasteiger partial charge in [-0.3, -0.25) is 4.79 Å². The van der Waals surface area contributed by atoms with E-state index in [9.17, 15) is 4.79 Å². The van der Waals surface area contributed by atoms with Crippen LogP contribution in [0.4, 0.5) is 0 Å². The maximum absolute atomic E-state index is 12.2. The van der Waals surface area contributed by atoms with Crippen molar-refractivity contribution in [1.29, 1.82) is 0 Å². The van der Waals surface area contributed by atoms with Crippen LogP contribution in [0, 0.1) is 0 Å². The molecule has 1 aromatic heterocycles. The highest BCUT2D eigenvalue weighted by molar-refractivity contribution is 5.99. The molecule has 108 valence electrons. The number of carbonyl (C=O) groups excluding carboxylic acids is 1.